The lowest BCUT2D eigenvalue weighted by atomic mass is 9.85. The molecule has 2 atom stereocenters. The minimum atomic E-state index is -0.229. The summed E-state index contributed by atoms with van der Waals surface area (Å²) in [6.07, 6.45) is 10.1. The summed E-state index contributed by atoms with van der Waals surface area (Å²) >= 11 is 0. The van der Waals surface area contributed by atoms with Gasteiger partial charge >= 0.3 is 0 Å². The van der Waals surface area contributed by atoms with Crippen molar-refractivity contribution < 1.29 is 0 Å². The lowest BCUT2D eigenvalue weighted by Gasteiger charge is -2.27. The topological polar surface area (TPSA) is 86.8 Å². The molecule has 35 heavy (non-hydrogen) atoms. The van der Waals surface area contributed by atoms with E-state index in [0.717, 1.165) is 56.9 Å². The maximum atomic E-state index is 13.0. The standard InChI is InChI=1S/C28H32N6O/c1-33-11-10-21(17-33)19-6-7-20-14-24(9-8-18(20)12-19)31-28-30-16-23-13-22(15-29)27(35)34(26(23)32-28)25-4-2-3-5-25/h6-7,12-13,16,21,24-25H,2-5,8-11,14,17H2,1H3,(H,30,31,32). The van der Waals surface area contributed by atoms with Gasteiger partial charge in [0.15, 0.2) is 0 Å². The van der Waals surface area contributed by atoms with E-state index in [2.05, 4.69) is 46.5 Å². The summed E-state index contributed by atoms with van der Waals surface area (Å²) in [6, 6.07) is 11.1. The molecule has 1 aliphatic heterocycles. The normalized spacial score (nSPS) is 22.9. The summed E-state index contributed by atoms with van der Waals surface area (Å²) in [5.74, 6) is 1.22. The van der Waals surface area contributed by atoms with Crippen molar-refractivity contribution in [2.45, 2.75) is 69.4 Å². The largest absolute Gasteiger partial charge is 0.351 e. The predicted octanol–water partition coefficient (Wildman–Crippen LogP) is 4.17. The fraction of sp³-hybridized carbons (Fsp3) is 0.500. The van der Waals surface area contributed by atoms with Gasteiger partial charge < -0.3 is 10.2 Å². The molecule has 2 unspecified atom stereocenters. The van der Waals surface area contributed by atoms with Crippen LogP contribution in [0, 0.1) is 11.3 Å². The van der Waals surface area contributed by atoms with Crippen LogP contribution in [-0.4, -0.2) is 45.6 Å². The smallest absolute Gasteiger partial charge is 0.270 e. The zero-order chi connectivity index (χ0) is 23.9. The van der Waals surface area contributed by atoms with Crippen molar-refractivity contribution in [2.24, 2.45) is 0 Å². The van der Waals surface area contributed by atoms with Crippen LogP contribution in [0.1, 0.15) is 72.7 Å². The highest BCUT2D eigenvalue weighted by Gasteiger charge is 2.26. The first-order valence-electron chi connectivity index (χ1n) is 13.0. The molecular formula is C28H32N6O. The highest BCUT2D eigenvalue weighted by Crippen LogP contribution is 2.32. The maximum Gasteiger partial charge on any atom is 0.270 e. The van der Waals surface area contributed by atoms with Crippen molar-refractivity contribution in [1.82, 2.24) is 19.4 Å². The van der Waals surface area contributed by atoms with Gasteiger partial charge in [-0.15, -0.1) is 0 Å². The molecule has 7 heteroatoms. The Morgan fingerprint density at radius 1 is 1.11 bits per heavy atom. The lowest BCUT2D eigenvalue weighted by Crippen LogP contribution is -2.29. The third-order valence-corrected chi connectivity index (χ3v) is 8.24. The number of nitrogens with zero attached hydrogens (tertiary/aromatic N) is 5. The van der Waals surface area contributed by atoms with E-state index < -0.39 is 0 Å². The first-order valence-corrected chi connectivity index (χ1v) is 13.0. The van der Waals surface area contributed by atoms with Crippen molar-refractivity contribution in [3.63, 3.8) is 0 Å². The Morgan fingerprint density at radius 2 is 1.97 bits per heavy atom. The van der Waals surface area contributed by atoms with Crippen LogP contribution in [0.2, 0.25) is 0 Å². The molecule has 3 aliphatic rings. The van der Waals surface area contributed by atoms with E-state index in [9.17, 15) is 10.1 Å². The van der Waals surface area contributed by atoms with Gasteiger partial charge in [0.1, 0.15) is 17.3 Å². The Labute approximate surface area is 205 Å². The monoisotopic (exact) mass is 468 g/mol. The number of rotatable bonds is 4. The number of anilines is 1. The molecule has 1 saturated heterocycles. The number of likely N-dealkylation sites (N-methyl/N-ethyl adjacent to an activating group) is 1. The fourth-order valence-electron chi connectivity index (χ4n) is 6.31. The quantitative estimate of drug-likeness (QED) is 0.619. The molecule has 0 spiro atoms. The number of likely N-dealkylation sites (tertiary alicyclic amines) is 1. The molecule has 7 nitrogen and oxygen atoms in total. The molecule has 3 aromatic rings. The molecule has 1 N–H and O–H groups in total. The molecule has 0 bridgehead atoms. The summed E-state index contributed by atoms with van der Waals surface area (Å²) in [7, 11) is 2.21. The average molecular weight is 469 g/mol. The second kappa shape index (κ2) is 9.09. The Bertz CT molecular complexity index is 1370. The molecule has 3 heterocycles. The van der Waals surface area contributed by atoms with E-state index in [0.29, 0.717) is 17.5 Å². The van der Waals surface area contributed by atoms with E-state index in [1.54, 1.807) is 16.8 Å². The van der Waals surface area contributed by atoms with Gasteiger partial charge in [-0.3, -0.25) is 9.36 Å². The minimum Gasteiger partial charge on any atom is -0.351 e. The van der Waals surface area contributed by atoms with Gasteiger partial charge in [-0.25, -0.2) is 4.98 Å². The highest BCUT2D eigenvalue weighted by atomic mass is 16.1. The molecule has 0 radical (unpaired) electrons. The van der Waals surface area contributed by atoms with E-state index in [-0.39, 0.29) is 23.2 Å². The number of aryl methyl sites for hydroxylation is 1. The van der Waals surface area contributed by atoms with Crippen LogP contribution < -0.4 is 10.9 Å². The van der Waals surface area contributed by atoms with Crippen molar-refractivity contribution in [1.29, 1.82) is 5.26 Å². The highest BCUT2D eigenvalue weighted by molar-refractivity contribution is 5.77. The van der Waals surface area contributed by atoms with Gasteiger partial charge in [0, 0.05) is 30.2 Å². The second-order valence-corrected chi connectivity index (χ2v) is 10.6. The molecule has 6 rings (SSSR count). The number of aromatic nitrogens is 3. The molecule has 1 aromatic carbocycles. The number of nitriles is 1. The number of pyridine rings is 1. The number of hydrogen-bond donors (Lipinski definition) is 1. The van der Waals surface area contributed by atoms with Gasteiger partial charge in [0.05, 0.1) is 0 Å². The Balaban J connectivity index is 1.25. The molecule has 2 aromatic heterocycles. The Kier molecular flexibility index (Phi) is 5.77. The molecule has 1 saturated carbocycles. The molecule has 2 fully saturated rings. The number of benzene rings is 1. The van der Waals surface area contributed by atoms with Gasteiger partial charge in [-0.05, 0) is 80.8 Å². The lowest BCUT2D eigenvalue weighted by molar-refractivity contribution is 0.411. The van der Waals surface area contributed by atoms with Crippen molar-refractivity contribution in [3.8, 4) is 6.07 Å². The Morgan fingerprint density at radius 3 is 2.74 bits per heavy atom. The molecule has 180 valence electrons. The summed E-state index contributed by atoms with van der Waals surface area (Å²) in [6.45, 7) is 2.34. The van der Waals surface area contributed by atoms with Crippen LogP contribution >= 0.6 is 0 Å². The molecular weight excluding hydrogens is 436 g/mol. The second-order valence-electron chi connectivity index (χ2n) is 10.6. The van der Waals surface area contributed by atoms with E-state index in [4.69, 9.17) is 4.98 Å². The van der Waals surface area contributed by atoms with Crippen LogP contribution in [0.4, 0.5) is 5.95 Å². The van der Waals surface area contributed by atoms with Crippen LogP contribution in [0.3, 0.4) is 0 Å². The number of fused-ring (bicyclic) bond motifs is 2. The fourth-order valence-corrected chi connectivity index (χ4v) is 6.31. The van der Waals surface area contributed by atoms with Crippen LogP contribution in [0.15, 0.2) is 35.3 Å². The predicted molar refractivity (Wildman–Crippen MR) is 137 cm³/mol. The third-order valence-electron chi connectivity index (χ3n) is 8.24. The van der Waals surface area contributed by atoms with Gasteiger partial charge in [0.2, 0.25) is 5.95 Å². The third kappa shape index (κ3) is 4.21. The number of hydrogen-bond acceptors (Lipinski definition) is 6. The average Bonchev–Trinajstić information content (AvgIpc) is 3.55. The van der Waals surface area contributed by atoms with Crippen molar-refractivity contribution in [3.05, 3.63) is 63.1 Å². The van der Waals surface area contributed by atoms with E-state index >= 15 is 0 Å². The van der Waals surface area contributed by atoms with Crippen molar-refractivity contribution in [2.75, 3.05) is 25.5 Å². The Hall–Kier alpha value is -3.24. The zero-order valence-corrected chi connectivity index (χ0v) is 20.3. The summed E-state index contributed by atoms with van der Waals surface area (Å²) in [4.78, 5) is 24.8. The van der Waals surface area contributed by atoms with E-state index in [1.165, 1.54) is 29.7 Å². The maximum absolute atomic E-state index is 13.0. The van der Waals surface area contributed by atoms with Gasteiger partial charge in [0.25, 0.3) is 5.56 Å². The number of nitrogens with one attached hydrogen (secondary N) is 1. The van der Waals surface area contributed by atoms with E-state index in [1.807, 2.05) is 0 Å². The van der Waals surface area contributed by atoms with Gasteiger partial charge in [-0.2, -0.15) is 10.2 Å². The first kappa shape index (κ1) is 22.2. The summed E-state index contributed by atoms with van der Waals surface area (Å²) in [5, 5.41) is 13.8. The minimum absolute atomic E-state index is 0.108. The summed E-state index contributed by atoms with van der Waals surface area (Å²) in [5.41, 5.74) is 4.95. The SMILES string of the molecule is CN1CCC(c2ccc3c(c2)CCC(Nc2ncc4cc(C#N)c(=O)n(C5CCCC5)c4n2)C3)C1. The molecule has 2 aliphatic carbocycles. The van der Waals surface area contributed by atoms with Crippen LogP contribution in [0.25, 0.3) is 11.0 Å². The first-order chi connectivity index (χ1) is 17.1. The van der Waals surface area contributed by atoms with Crippen LogP contribution in [0.5, 0.6) is 0 Å². The van der Waals surface area contributed by atoms with Gasteiger partial charge in [-0.1, -0.05) is 31.0 Å². The summed E-state index contributed by atoms with van der Waals surface area (Å²) < 4.78 is 1.76. The van der Waals surface area contributed by atoms with Crippen molar-refractivity contribution >= 4 is 17.0 Å². The zero-order valence-electron chi connectivity index (χ0n) is 20.3. The van der Waals surface area contributed by atoms with Crippen LogP contribution in [-0.2, 0) is 12.8 Å². The molecule has 0 amide bonds.